The minimum absolute atomic E-state index is 0.0534. The van der Waals surface area contributed by atoms with Crippen molar-refractivity contribution in [1.29, 1.82) is 0 Å². The summed E-state index contributed by atoms with van der Waals surface area (Å²) >= 11 is 12.4. The van der Waals surface area contributed by atoms with Gasteiger partial charge in [-0.15, -0.1) is 0 Å². The number of rotatable bonds is 7. The number of carbonyl (C=O) groups excluding carboxylic acids is 1. The maximum atomic E-state index is 12.6. The molecule has 0 fully saturated rings. The Morgan fingerprint density at radius 1 is 1.03 bits per heavy atom. The standard InChI is InChI=1S/C21H18Cl2N2O5S/c1-3-29-21(26)19-20(30-31(27,28)12-14-8-5-4-6-9-14)24-13(2)18(25-19)15-10-7-11-16(22)17(15)23/h4-11H,3,12H2,1-2H3. The van der Waals surface area contributed by atoms with Crippen molar-refractivity contribution in [3.63, 3.8) is 0 Å². The lowest BCUT2D eigenvalue weighted by Crippen LogP contribution is -2.18. The number of benzene rings is 2. The summed E-state index contributed by atoms with van der Waals surface area (Å²) < 4.78 is 35.4. The lowest BCUT2D eigenvalue weighted by atomic mass is 10.1. The molecule has 1 heterocycles. The van der Waals surface area contributed by atoms with E-state index in [2.05, 4.69) is 9.97 Å². The number of carbonyl (C=O) groups is 1. The Bertz CT molecular complexity index is 1220. The van der Waals surface area contributed by atoms with Crippen molar-refractivity contribution in [2.75, 3.05) is 6.61 Å². The van der Waals surface area contributed by atoms with Gasteiger partial charge in [0.2, 0.25) is 5.69 Å². The molecular formula is C21H18Cl2N2O5S. The third kappa shape index (κ3) is 5.52. The van der Waals surface area contributed by atoms with Crippen LogP contribution in [0, 0.1) is 6.92 Å². The number of ether oxygens (including phenoxy) is 1. The third-order valence-electron chi connectivity index (χ3n) is 4.11. The molecule has 0 aliphatic rings. The molecule has 10 heteroatoms. The Hall–Kier alpha value is -2.68. The molecule has 3 rings (SSSR count). The quantitative estimate of drug-likeness (QED) is 0.352. The minimum atomic E-state index is -4.13. The van der Waals surface area contributed by atoms with E-state index >= 15 is 0 Å². The predicted molar refractivity (Wildman–Crippen MR) is 118 cm³/mol. The van der Waals surface area contributed by atoms with Gasteiger partial charge in [-0.3, -0.25) is 0 Å². The minimum Gasteiger partial charge on any atom is -0.461 e. The number of esters is 1. The topological polar surface area (TPSA) is 95.4 Å². The van der Waals surface area contributed by atoms with E-state index in [4.69, 9.17) is 32.1 Å². The number of halogens is 2. The molecule has 162 valence electrons. The molecule has 0 bridgehead atoms. The molecule has 0 aliphatic heterocycles. The van der Waals surface area contributed by atoms with E-state index in [1.54, 1.807) is 62.4 Å². The van der Waals surface area contributed by atoms with Crippen LogP contribution < -0.4 is 4.18 Å². The number of hydrogen-bond acceptors (Lipinski definition) is 7. The van der Waals surface area contributed by atoms with Gasteiger partial charge in [0, 0.05) is 5.56 Å². The van der Waals surface area contributed by atoms with Crippen molar-refractivity contribution < 1.29 is 22.1 Å². The van der Waals surface area contributed by atoms with Crippen molar-refractivity contribution in [2.24, 2.45) is 0 Å². The first kappa shape index (κ1) is 23.0. The van der Waals surface area contributed by atoms with Crippen LogP contribution in [0.25, 0.3) is 11.3 Å². The van der Waals surface area contributed by atoms with Crippen LogP contribution in [0.15, 0.2) is 48.5 Å². The number of aryl methyl sites for hydroxylation is 1. The summed E-state index contributed by atoms with van der Waals surface area (Å²) in [5, 5.41) is 0.519. The molecule has 1 aromatic heterocycles. The average molecular weight is 481 g/mol. The summed E-state index contributed by atoms with van der Waals surface area (Å²) in [6, 6.07) is 13.4. The van der Waals surface area contributed by atoms with E-state index in [0.29, 0.717) is 21.8 Å². The lowest BCUT2D eigenvalue weighted by Gasteiger charge is -2.14. The second-order valence-corrected chi connectivity index (χ2v) is 8.76. The van der Waals surface area contributed by atoms with Crippen LogP contribution in [0.3, 0.4) is 0 Å². The molecule has 0 saturated heterocycles. The van der Waals surface area contributed by atoms with Gasteiger partial charge in [0.25, 0.3) is 5.88 Å². The van der Waals surface area contributed by atoms with Crippen molar-refractivity contribution in [3.05, 3.63) is 75.5 Å². The zero-order valence-electron chi connectivity index (χ0n) is 16.6. The van der Waals surface area contributed by atoms with E-state index in [1.165, 1.54) is 0 Å². The molecule has 0 amide bonds. The Labute approximate surface area is 190 Å². The summed E-state index contributed by atoms with van der Waals surface area (Å²) in [6.45, 7) is 3.25. The normalized spacial score (nSPS) is 11.2. The molecule has 0 radical (unpaired) electrons. The maximum Gasteiger partial charge on any atom is 0.362 e. The van der Waals surface area contributed by atoms with Gasteiger partial charge in [-0.05, 0) is 25.5 Å². The number of nitrogens with zero attached hydrogens (tertiary/aromatic N) is 2. The highest BCUT2D eigenvalue weighted by molar-refractivity contribution is 7.86. The maximum absolute atomic E-state index is 12.6. The SMILES string of the molecule is CCOC(=O)c1nc(-c2cccc(Cl)c2Cl)c(C)nc1OS(=O)(=O)Cc1ccccc1. The molecule has 0 saturated carbocycles. The number of hydrogen-bond donors (Lipinski definition) is 0. The lowest BCUT2D eigenvalue weighted by molar-refractivity contribution is 0.0516. The highest BCUT2D eigenvalue weighted by Crippen LogP contribution is 2.35. The summed E-state index contributed by atoms with van der Waals surface area (Å²) in [4.78, 5) is 21.0. The largest absolute Gasteiger partial charge is 0.461 e. The molecule has 0 aliphatic carbocycles. The van der Waals surface area contributed by atoms with E-state index in [0.717, 1.165) is 0 Å². The van der Waals surface area contributed by atoms with Gasteiger partial charge < -0.3 is 8.92 Å². The van der Waals surface area contributed by atoms with Gasteiger partial charge in [-0.1, -0.05) is 65.7 Å². The zero-order chi connectivity index (χ0) is 22.6. The molecule has 7 nitrogen and oxygen atoms in total. The summed E-state index contributed by atoms with van der Waals surface area (Å²) in [6.07, 6.45) is 0. The van der Waals surface area contributed by atoms with Gasteiger partial charge in [0.05, 0.1) is 28.0 Å². The van der Waals surface area contributed by atoms with Crippen molar-refractivity contribution in [3.8, 4) is 17.1 Å². The Morgan fingerprint density at radius 3 is 2.42 bits per heavy atom. The smallest absolute Gasteiger partial charge is 0.362 e. The molecule has 31 heavy (non-hydrogen) atoms. The van der Waals surface area contributed by atoms with Gasteiger partial charge in [0.1, 0.15) is 5.75 Å². The zero-order valence-corrected chi connectivity index (χ0v) is 19.0. The van der Waals surface area contributed by atoms with Gasteiger partial charge in [-0.2, -0.15) is 8.42 Å². The van der Waals surface area contributed by atoms with Gasteiger partial charge >= 0.3 is 16.1 Å². The van der Waals surface area contributed by atoms with Crippen LogP contribution >= 0.6 is 23.2 Å². The molecular weight excluding hydrogens is 463 g/mol. The molecule has 0 atom stereocenters. The highest BCUT2D eigenvalue weighted by atomic mass is 35.5. The Morgan fingerprint density at radius 2 is 1.74 bits per heavy atom. The average Bonchev–Trinajstić information content (AvgIpc) is 2.71. The first-order valence-corrected chi connectivity index (χ1v) is 11.5. The second-order valence-electron chi connectivity index (χ2n) is 6.40. The van der Waals surface area contributed by atoms with Crippen molar-refractivity contribution >= 4 is 39.3 Å². The van der Waals surface area contributed by atoms with Gasteiger partial charge in [-0.25, -0.2) is 14.8 Å². The fourth-order valence-electron chi connectivity index (χ4n) is 2.76. The van der Waals surface area contributed by atoms with E-state index < -0.39 is 27.7 Å². The van der Waals surface area contributed by atoms with Crippen LogP contribution in [0.5, 0.6) is 5.88 Å². The first-order chi connectivity index (χ1) is 14.7. The molecule has 0 spiro atoms. The van der Waals surface area contributed by atoms with Crippen LogP contribution in [0.1, 0.15) is 28.7 Å². The van der Waals surface area contributed by atoms with Crippen molar-refractivity contribution in [2.45, 2.75) is 19.6 Å². The highest BCUT2D eigenvalue weighted by Gasteiger charge is 2.26. The van der Waals surface area contributed by atoms with Crippen LogP contribution in [0.2, 0.25) is 10.0 Å². The van der Waals surface area contributed by atoms with E-state index in [9.17, 15) is 13.2 Å². The Balaban J connectivity index is 2.06. The van der Waals surface area contributed by atoms with Crippen LogP contribution in [-0.4, -0.2) is 31.0 Å². The predicted octanol–water partition coefficient (Wildman–Crippen LogP) is 4.84. The van der Waals surface area contributed by atoms with E-state index in [1.807, 2.05) is 0 Å². The van der Waals surface area contributed by atoms with E-state index in [-0.39, 0.29) is 23.0 Å². The monoisotopic (exact) mass is 480 g/mol. The van der Waals surface area contributed by atoms with Crippen LogP contribution in [0.4, 0.5) is 0 Å². The van der Waals surface area contributed by atoms with Crippen molar-refractivity contribution in [1.82, 2.24) is 9.97 Å². The fraction of sp³-hybridized carbons (Fsp3) is 0.190. The summed E-state index contributed by atoms with van der Waals surface area (Å²) in [5.41, 5.74) is 1.12. The summed E-state index contributed by atoms with van der Waals surface area (Å²) in [5.74, 6) is -1.74. The molecule has 3 aromatic rings. The van der Waals surface area contributed by atoms with Crippen LogP contribution in [-0.2, 0) is 20.6 Å². The molecule has 0 unspecified atom stereocenters. The summed E-state index contributed by atoms with van der Waals surface area (Å²) in [7, 11) is -4.13. The van der Waals surface area contributed by atoms with Gasteiger partial charge in [0.15, 0.2) is 0 Å². The Kier molecular flexibility index (Phi) is 7.15. The second kappa shape index (κ2) is 9.64. The third-order valence-corrected chi connectivity index (χ3v) is 6.02. The molecule has 0 N–H and O–H groups in total. The number of aromatic nitrogens is 2. The molecule has 2 aromatic carbocycles. The fourth-order valence-corrected chi connectivity index (χ4v) is 4.17. The first-order valence-electron chi connectivity index (χ1n) is 9.18.